The number of amides is 1. The molecule has 6 nitrogen and oxygen atoms in total. The lowest BCUT2D eigenvalue weighted by Gasteiger charge is -2.22. The molecule has 0 heterocycles. The Morgan fingerprint density at radius 2 is 0.676 bits per heavy atom. The van der Waals surface area contributed by atoms with Gasteiger partial charge in [-0.25, -0.2) is 0 Å². The van der Waals surface area contributed by atoms with Gasteiger partial charge in [0.1, 0.15) is 0 Å². The fourth-order valence-electron chi connectivity index (χ4n) is 10.6. The van der Waals surface area contributed by atoms with Gasteiger partial charge in [0.05, 0.1) is 25.4 Å². The summed E-state index contributed by atoms with van der Waals surface area (Å²) < 4.78 is 5.49. The second-order valence-electron chi connectivity index (χ2n) is 23.2. The summed E-state index contributed by atoms with van der Waals surface area (Å²) in [6.07, 6.45) is 79.3. The Morgan fingerprint density at radius 1 is 0.378 bits per heavy atom. The highest BCUT2D eigenvalue weighted by atomic mass is 16.5. The molecule has 0 saturated carbocycles. The molecule has 6 heteroatoms. The van der Waals surface area contributed by atoms with Crippen LogP contribution in [-0.4, -0.2) is 47.4 Å². The van der Waals surface area contributed by atoms with Crippen LogP contribution in [0.25, 0.3) is 0 Å². The minimum Gasteiger partial charge on any atom is -0.466 e. The number of hydrogen-bond donors (Lipinski definition) is 3. The number of unbranched alkanes of at least 4 members (excludes halogenated alkanes) is 48. The van der Waals surface area contributed by atoms with E-state index >= 15 is 0 Å². The van der Waals surface area contributed by atoms with Crippen molar-refractivity contribution >= 4 is 11.9 Å². The standard InChI is InChI=1S/C68H131NO5/c1-3-5-7-9-11-13-15-17-33-38-42-46-50-54-58-62-68(73)74-63-59-55-51-47-43-39-35-32-30-28-26-24-22-20-18-19-21-23-25-27-29-31-34-37-41-45-49-53-57-61-67(72)69-65(64-70)66(71)60-56-52-48-44-40-36-16-14-12-10-8-6-4-2/h18,20,24,26,65-66,70-71H,3-17,19,21-23,25,27-64H2,1-2H3,(H,69,72)/b20-18-,26-24-. The van der Waals surface area contributed by atoms with Crippen LogP contribution in [0.4, 0.5) is 0 Å². The maximum absolute atomic E-state index is 12.5. The fourth-order valence-corrected chi connectivity index (χ4v) is 10.6. The van der Waals surface area contributed by atoms with E-state index in [4.69, 9.17) is 4.74 Å². The molecule has 1 amide bonds. The summed E-state index contributed by atoms with van der Waals surface area (Å²) in [6.45, 7) is 4.98. The highest BCUT2D eigenvalue weighted by molar-refractivity contribution is 5.76. The predicted octanol–water partition coefficient (Wildman–Crippen LogP) is 21.4. The number of aliphatic hydroxyl groups excluding tert-OH is 2. The van der Waals surface area contributed by atoms with Crippen molar-refractivity contribution in [1.29, 1.82) is 0 Å². The Morgan fingerprint density at radius 3 is 1.03 bits per heavy atom. The summed E-state index contributed by atoms with van der Waals surface area (Å²) >= 11 is 0. The molecule has 74 heavy (non-hydrogen) atoms. The summed E-state index contributed by atoms with van der Waals surface area (Å²) in [6, 6.07) is -0.541. The lowest BCUT2D eigenvalue weighted by molar-refractivity contribution is -0.143. The SMILES string of the molecule is CCCCCCCCCCCCCCCCCC(=O)OCCCCCCCCCCC/C=C\C/C=C\CCCCCCCCCCCCCCCC(=O)NC(CO)C(O)CCCCCCCCCCCCCCC. The zero-order chi connectivity index (χ0) is 53.6. The van der Waals surface area contributed by atoms with Crippen molar-refractivity contribution in [3.63, 3.8) is 0 Å². The van der Waals surface area contributed by atoms with E-state index in [0.717, 1.165) is 44.9 Å². The Hall–Kier alpha value is -1.66. The average Bonchev–Trinajstić information content (AvgIpc) is 3.40. The molecule has 438 valence electrons. The first-order valence-electron chi connectivity index (χ1n) is 33.6. The number of carbonyl (C=O) groups is 2. The van der Waals surface area contributed by atoms with Gasteiger partial charge in [0, 0.05) is 12.8 Å². The topological polar surface area (TPSA) is 95.9 Å². The molecule has 0 radical (unpaired) electrons. The van der Waals surface area contributed by atoms with E-state index in [0.29, 0.717) is 25.9 Å². The highest BCUT2D eigenvalue weighted by Gasteiger charge is 2.20. The third-order valence-corrected chi connectivity index (χ3v) is 15.8. The first-order chi connectivity index (χ1) is 36.5. The Balaban J connectivity index is 3.38. The Labute approximate surface area is 462 Å². The summed E-state index contributed by atoms with van der Waals surface area (Å²) in [7, 11) is 0. The van der Waals surface area contributed by atoms with E-state index in [1.54, 1.807) is 0 Å². The van der Waals surface area contributed by atoms with Gasteiger partial charge in [0.25, 0.3) is 0 Å². The number of ether oxygens (including phenoxy) is 1. The number of nitrogens with one attached hydrogen (secondary N) is 1. The number of allylic oxidation sites excluding steroid dienone is 4. The largest absolute Gasteiger partial charge is 0.466 e. The first kappa shape index (κ1) is 72.3. The molecule has 0 rings (SSSR count). The molecule has 0 bridgehead atoms. The zero-order valence-electron chi connectivity index (χ0n) is 50.1. The molecule has 0 spiro atoms. The second-order valence-corrected chi connectivity index (χ2v) is 23.2. The van der Waals surface area contributed by atoms with Gasteiger partial charge in [-0.1, -0.05) is 327 Å². The van der Waals surface area contributed by atoms with Gasteiger partial charge >= 0.3 is 5.97 Å². The van der Waals surface area contributed by atoms with Crippen molar-refractivity contribution in [2.75, 3.05) is 13.2 Å². The van der Waals surface area contributed by atoms with Crippen LogP contribution >= 0.6 is 0 Å². The van der Waals surface area contributed by atoms with E-state index in [1.165, 1.54) is 295 Å². The quantitative estimate of drug-likeness (QED) is 0.0320. The molecule has 0 aliphatic heterocycles. The second kappa shape index (κ2) is 63.9. The van der Waals surface area contributed by atoms with Crippen LogP contribution in [0.2, 0.25) is 0 Å². The maximum atomic E-state index is 12.5. The Kier molecular flexibility index (Phi) is 62.4. The normalized spacial score (nSPS) is 12.6. The predicted molar refractivity (Wildman–Crippen MR) is 324 cm³/mol. The summed E-state index contributed by atoms with van der Waals surface area (Å²) in [5.41, 5.74) is 0. The summed E-state index contributed by atoms with van der Waals surface area (Å²) in [4.78, 5) is 24.5. The van der Waals surface area contributed by atoms with Crippen molar-refractivity contribution in [3.8, 4) is 0 Å². The maximum Gasteiger partial charge on any atom is 0.305 e. The highest BCUT2D eigenvalue weighted by Crippen LogP contribution is 2.18. The first-order valence-corrected chi connectivity index (χ1v) is 33.6. The lowest BCUT2D eigenvalue weighted by atomic mass is 10.0. The van der Waals surface area contributed by atoms with Gasteiger partial charge in [-0.3, -0.25) is 9.59 Å². The van der Waals surface area contributed by atoms with Crippen molar-refractivity contribution in [2.24, 2.45) is 0 Å². The van der Waals surface area contributed by atoms with E-state index in [2.05, 4.69) is 43.5 Å². The fraction of sp³-hybridized carbons (Fsp3) is 0.912. The van der Waals surface area contributed by atoms with E-state index in [9.17, 15) is 19.8 Å². The minimum absolute atomic E-state index is 0.0154. The average molecular weight is 1040 g/mol. The van der Waals surface area contributed by atoms with Gasteiger partial charge in [-0.2, -0.15) is 0 Å². The molecule has 0 aromatic carbocycles. The molecule has 0 fully saturated rings. The molecule has 0 aliphatic carbocycles. The number of carbonyl (C=O) groups excluding carboxylic acids is 2. The van der Waals surface area contributed by atoms with Crippen LogP contribution < -0.4 is 5.32 Å². The smallest absolute Gasteiger partial charge is 0.305 e. The molecule has 2 unspecified atom stereocenters. The number of esters is 1. The molecule has 0 aromatic rings. The number of aliphatic hydroxyl groups is 2. The van der Waals surface area contributed by atoms with Gasteiger partial charge in [0.15, 0.2) is 0 Å². The van der Waals surface area contributed by atoms with Gasteiger partial charge in [-0.05, 0) is 57.8 Å². The van der Waals surface area contributed by atoms with Gasteiger partial charge in [0.2, 0.25) is 5.91 Å². The van der Waals surface area contributed by atoms with Gasteiger partial charge in [-0.15, -0.1) is 0 Å². The van der Waals surface area contributed by atoms with Crippen molar-refractivity contribution < 1.29 is 24.5 Å². The van der Waals surface area contributed by atoms with Crippen LogP contribution in [0.3, 0.4) is 0 Å². The third kappa shape index (κ3) is 59.6. The monoisotopic (exact) mass is 1040 g/mol. The van der Waals surface area contributed by atoms with Crippen molar-refractivity contribution in [2.45, 2.75) is 386 Å². The van der Waals surface area contributed by atoms with Crippen LogP contribution in [-0.2, 0) is 14.3 Å². The van der Waals surface area contributed by atoms with Crippen LogP contribution in [0.15, 0.2) is 24.3 Å². The van der Waals surface area contributed by atoms with Crippen molar-refractivity contribution in [1.82, 2.24) is 5.32 Å². The van der Waals surface area contributed by atoms with Crippen LogP contribution in [0.1, 0.15) is 373 Å². The summed E-state index contributed by atoms with van der Waals surface area (Å²) in [5, 5.41) is 23.3. The van der Waals surface area contributed by atoms with E-state index < -0.39 is 12.1 Å². The third-order valence-electron chi connectivity index (χ3n) is 15.8. The Bertz CT molecular complexity index is 1150. The molecule has 0 aromatic heterocycles. The van der Waals surface area contributed by atoms with E-state index in [1.807, 2.05) is 0 Å². The van der Waals surface area contributed by atoms with Gasteiger partial charge < -0.3 is 20.3 Å². The molecule has 0 saturated heterocycles. The molecule has 2 atom stereocenters. The number of rotatable bonds is 63. The van der Waals surface area contributed by atoms with Crippen LogP contribution in [0.5, 0.6) is 0 Å². The molecular formula is C68H131NO5. The molecular weight excluding hydrogens is 911 g/mol. The number of hydrogen-bond acceptors (Lipinski definition) is 5. The lowest BCUT2D eigenvalue weighted by Crippen LogP contribution is -2.45. The van der Waals surface area contributed by atoms with E-state index in [-0.39, 0.29) is 18.5 Å². The summed E-state index contributed by atoms with van der Waals surface area (Å²) in [5.74, 6) is -0.0189. The van der Waals surface area contributed by atoms with Crippen LogP contribution in [0, 0.1) is 0 Å². The molecule has 3 N–H and O–H groups in total. The molecule has 0 aliphatic rings. The minimum atomic E-state index is -0.664. The van der Waals surface area contributed by atoms with Crippen molar-refractivity contribution in [3.05, 3.63) is 24.3 Å². The zero-order valence-corrected chi connectivity index (χ0v) is 50.1.